The fraction of sp³-hybridized carbons (Fsp3) is 0.351. The van der Waals surface area contributed by atoms with Crippen molar-refractivity contribution in [1.82, 2.24) is 0 Å². The smallest absolute Gasteiger partial charge is 0.402 e. The van der Waals surface area contributed by atoms with Crippen LogP contribution in [0, 0.1) is 5.92 Å². The third-order valence-corrected chi connectivity index (χ3v) is 9.35. The number of methoxy groups -OCH3 is 2. The Bertz CT molecular complexity index is 1220. The molecule has 2 fully saturated rings. The number of ether oxygens (including phenoxy) is 2. The van der Waals surface area contributed by atoms with Crippen LogP contribution in [-0.4, -0.2) is 33.5 Å². The van der Waals surface area contributed by atoms with E-state index in [9.17, 15) is 0 Å². The Labute approximate surface area is 251 Å². The van der Waals surface area contributed by atoms with Crippen molar-refractivity contribution in [3.8, 4) is 0 Å². The number of hydrogen-bond donors (Lipinski definition) is 0. The highest BCUT2D eigenvalue weighted by atomic mass is 16.7. The summed E-state index contributed by atoms with van der Waals surface area (Å²) in [5, 5.41) is 0. The summed E-state index contributed by atoms with van der Waals surface area (Å²) in [5.41, 5.74) is 2.15. The van der Waals surface area contributed by atoms with Gasteiger partial charge in [0.25, 0.3) is 0 Å². The van der Waals surface area contributed by atoms with Crippen molar-refractivity contribution in [2.75, 3.05) is 14.2 Å². The lowest BCUT2D eigenvalue weighted by Crippen LogP contribution is -2.56. The first kappa shape index (κ1) is 28.9. The number of unbranched alkanes of at least 4 members (excludes halogenated alkanes) is 1. The molecule has 5 heteroatoms. The minimum atomic E-state index is -0.955. The van der Waals surface area contributed by atoms with Crippen molar-refractivity contribution in [2.24, 2.45) is 5.92 Å². The third-order valence-electron chi connectivity index (χ3n) is 9.35. The van der Waals surface area contributed by atoms with Crippen molar-refractivity contribution in [1.29, 1.82) is 0 Å². The monoisotopic (exact) mass is 560 g/mol. The first-order chi connectivity index (χ1) is 20.7. The van der Waals surface area contributed by atoms with E-state index in [1.807, 2.05) is 24.3 Å². The molecule has 1 aliphatic heterocycles. The van der Waals surface area contributed by atoms with Crippen LogP contribution in [0.1, 0.15) is 54.9 Å². The Hall–Kier alpha value is -3.22. The van der Waals surface area contributed by atoms with Crippen LogP contribution in [0.3, 0.4) is 0 Å². The summed E-state index contributed by atoms with van der Waals surface area (Å²) < 4.78 is 27.8. The van der Waals surface area contributed by atoms with Crippen molar-refractivity contribution in [3.05, 3.63) is 144 Å². The maximum absolute atomic E-state index is 7.20. The molecule has 1 saturated heterocycles. The van der Waals surface area contributed by atoms with Gasteiger partial charge in [-0.25, -0.2) is 0 Å². The van der Waals surface area contributed by atoms with Crippen molar-refractivity contribution < 1.29 is 18.8 Å². The molecule has 0 aromatic heterocycles. The van der Waals surface area contributed by atoms with E-state index in [1.165, 1.54) is 19.3 Å². The van der Waals surface area contributed by atoms with Crippen LogP contribution in [0.2, 0.25) is 5.82 Å². The summed E-state index contributed by atoms with van der Waals surface area (Å²) in [6.45, 7) is 2.26. The second kappa shape index (κ2) is 12.6. The van der Waals surface area contributed by atoms with E-state index in [1.54, 1.807) is 14.2 Å². The Morgan fingerprint density at radius 3 is 1.29 bits per heavy atom. The molecule has 0 radical (unpaired) electrons. The summed E-state index contributed by atoms with van der Waals surface area (Å²) in [6, 6.07) is 41.7. The summed E-state index contributed by atoms with van der Waals surface area (Å²) in [6.07, 6.45) is 3.71. The largest absolute Gasteiger partial charge is 0.461 e. The predicted molar refractivity (Wildman–Crippen MR) is 168 cm³/mol. The molecule has 0 N–H and O–H groups in total. The van der Waals surface area contributed by atoms with Crippen molar-refractivity contribution >= 4 is 7.12 Å². The molecule has 0 spiro atoms. The lowest BCUT2D eigenvalue weighted by Gasteiger charge is -2.47. The van der Waals surface area contributed by atoms with Gasteiger partial charge in [-0.2, -0.15) is 0 Å². The second-order valence-electron chi connectivity index (χ2n) is 11.6. The Morgan fingerprint density at radius 1 is 0.619 bits per heavy atom. The molecule has 6 rings (SSSR count). The zero-order valence-electron chi connectivity index (χ0n) is 24.9. The molecule has 2 aliphatic rings. The fourth-order valence-electron chi connectivity index (χ4n) is 7.12. The predicted octanol–water partition coefficient (Wildman–Crippen LogP) is 8.02. The minimum absolute atomic E-state index is 0.353. The van der Waals surface area contributed by atoms with Gasteiger partial charge in [-0.05, 0) is 40.4 Å². The Balaban J connectivity index is 1.56. The van der Waals surface area contributed by atoms with Crippen molar-refractivity contribution in [3.63, 3.8) is 0 Å². The van der Waals surface area contributed by atoms with Crippen molar-refractivity contribution in [2.45, 2.75) is 61.8 Å². The summed E-state index contributed by atoms with van der Waals surface area (Å²) in [4.78, 5) is 0. The highest BCUT2D eigenvalue weighted by Gasteiger charge is 2.65. The summed E-state index contributed by atoms with van der Waals surface area (Å²) in [5.74, 6) is 0.969. The average molecular weight is 561 g/mol. The summed E-state index contributed by atoms with van der Waals surface area (Å²) >= 11 is 0. The molecule has 4 aromatic carbocycles. The van der Waals surface area contributed by atoms with E-state index in [0.717, 1.165) is 28.7 Å². The molecule has 0 bridgehead atoms. The maximum atomic E-state index is 7.20. The standard InChI is InChI=1S/C37H41BO4/c1-4-5-18-28-27-33(28)38-41-34(36(39-2,29-19-10-6-11-20-29)30-21-12-7-13-22-30)35(42-38)37(40-3,31-23-14-8-15-24-31)32-25-16-9-17-26-32/h6-17,19-26,28,33-35H,4-5,18,27H2,1-3H3/t28-,33-,34+,35+/m0/s1. The number of rotatable bonds is 12. The molecule has 42 heavy (non-hydrogen) atoms. The van der Waals surface area contributed by atoms with Crippen LogP contribution >= 0.6 is 0 Å². The molecule has 4 aromatic rings. The first-order valence-corrected chi connectivity index (χ1v) is 15.3. The number of hydrogen-bond acceptors (Lipinski definition) is 4. The van der Waals surface area contributed by atoms with Crippen LogP contribution in [0.4, 0.5) is 0 Å². The highest BCUT2D eigenvalue weighted by Crippen LogP contribution is 2.57. The van der Waals surface area contributed by atoms with Gasteiger partial charge in [-0.1, -0.05) is 148 Å². The topological polar surface area (TPSA) is 36.9 Å². The van der Waals surface area contributed by atoms with Gasteiger partial charge in [0.15, 0.2) is 0 Å². The summed E-state index contributed by atoms with van der Waals surface area (Å²) in [7, 11) is 3.22. The molecule has 216 valence electrons. The van der Waals surface area contributed by atoms with E-state index >= 15 is 0 Å². The molecular weight excluding hydrogens is 519 g/mol. The SMILES string of the molecule is CCCC[C@H]1C[C@@H]1B1O[C@@H](C(OC)(c2ccccc2)c2ccccc2)[C@H](C(OC)(c2ccccc2)c2ccccc2)O1. The molecule has 1 aliphatic carbocycles. The molecule has 0 amide bonds. The zero-order valence-corrected chi connectivity index (χ0v) is 24.9. The molecule has 1 heterocycles. The van der Waals surface area contributed by atoms with Crippen LogP contribution in [0.25, 0.3) is 0 Å². The van der Waals surface area contributed by atoms with E-state index in [4.69, 9.17) is 18.8 Å². The molecule has 4 nitrogen and oxygen atoms in total. The first-order valence-electron chi connectivity index (χ1n) is 15.3. The second-order valence-corrected chi connectivity index (χ2v) is 11.6. The maximum Gasteiger partial charge on any atom is 0.461 e. The number of benzene rings is 4. The lowest BCUT2D eigenvalue weighted by molar-refractivity contribution is -0.136. The van der Waals surface area contributed by atoms with Gasteiger partial charge in [0.2, 0.25) is 0 Å². The van der Waals surface area contributed by atoms with Crippen LogP contribution in [-0.2, 0) is 30.0 Å². The highest BCUT2D eigenvalue weighted by molar-refractivity contribution is 6.48. The van der Waals surface area contributed by atoms with E-state index < -0.39 is 23.4 Å². The Kier molecular flexibility index (Phi) is 8.64. The van der Waals surface area contributed by atoms with Gasteiger partial charge in [0, 0.05) is 14.2 Å². The van der Waals surface area contributed by atoms with Gasteiger partial charge in [0.05, 0.1) is 0 Å². The molecular formula is C37H41BO4. The molecule has 4 atom stereocenters. The normalized spacial score (nSPS) is 22.3. The van der Waals surface area contributed by atoms with Crippen LogP contribution in [0.15, 0.2) is 121 Å². The fourth-order valence-corrected chi connectivity index (χ4v) is 7.12. The average Bonchev–Trinajstić information content (AvgIpc) is 3.72. The van der Waals surface area contributed by atoms with Crippen LogP contribution < -0.4 is 0 Å². The molecule has 0 unspecified atom stereocenters. The van der Waals surface area contributed by atoms with Crippen LogP contribution in [0.5, 0.6) is 0 Å². The van der Waals surface area contributed by atoms with Gasteiger partial charge in [-0.15, -0.1) is 0 Å². The van der Waals surface area contributed by atoms with Gasteiger partial charge >= 0.3 is 7.12 Å². The minimum Gasteiger partial charge on any atom is -0.402 e. The van der Waals surface area contributed by atoms with Gasteiger partial charge < -0.3 is 18.8 Å². The van der Waals surface area contributed by atoms with Gasteiger partial charge in [-0.3, -0.25) is 0 Å². The zero-order chi connectivity index (χ0) is 29.0. The van der Waals surface area contributed by atoms with E-state index in [2.05, 4.69) is 104 Å². The van der Waals surface area contributed by atoms with Gasteiger partial charge in [0.1, 0.15) is 23.4 Å². The lowest BCUT2D eigenvalue weighted by atomic mass is 9.71. The van der Waals surface area contributed by atoms with E-state index in [0.29, 0.717) is 11.7 Å². The van der Waals surface area contributed by atoms with E-state index in [-0.39, 0.29) is 7.12 Å². The molecule has 1 saturated carbocycles. The quantitative estimate of drug-likeness (QED) is 0.165. The Morgan fingerprint density at radius 2 is 0.976 bits per heavy atom. The third kappa shape index (κ3) is 5.03.